The molecule has 1 aliphatic rings. The van der Waals surface area contributed by atoms with E-state index in [1.165, 1.54) is 5.57 Å². The van der Waals surface area contributed by atoms with Gasteiger partial charge in [0.2, 0.25) is 0 Å². The van der Waals surface area contributed by atoms with E-state index in [9.17, 15) is 5.11 Å². The van der Waals surface area contributed by atoms with Gasteiger partial charge in [-0.15, -0.1) is 0 Å². The number of hydrogen-bond donors (Lipinski definition) is 3. The third kappa shape index (κ3) is 8.98. The van der Waals surface area contributed by atoms with Crippen molar-refractivity contribution in [3.8, 4) is 0 Å². The number of nitrogens with one attached hydrogen (secondary N) is 2. The van der Waals surface area contributed by atoms with Crippen LogP contribution in [0, 0.1) is 0 Å². The number of aliphatic hydroxyl groups is 1. The number of ether oxygens (including phenoxy) is 1. The normalized spacial score (nSPS) is 18.3. The molecule has 0 radical (unpaired) electrons. The van der Waals surface area contributed by atoms with E-state index in [0.29, 0.717) is 12.6 Å². The molecule has 0 saturated carbocycles. The van der Waals surface area contributed by atoms with Crippen LogP contribution in [0.15, 0.2) is 47.5 Å². The van der Waals surface area contributed by atoms with Crippen molar-refractivity contribution in [1.82, 2.24) is 15.5 Å². The SMILES string of the molecule is C=C(C)CN1CCC(NC(=NCC(O)COC(C)c2ccccc2)NCC)CC1. The van der Waals surface area contributed by atoms with Crippen LogP contribution in [0.5, 0.6) is 0 Å². The summed E-state index contributed by atoms with van der Waals surface area (Å²) < 4.78 is 5.80. The Morgan fingerprint density at radius 1 is 1.31 bits per heavy atom. The maximum atomic E-state index is 10.3. The van der Waals surface area contributed by atoms with Crippen molar-refractivity contribution < 1.29 is 9.84 Å². The predicted octanol–water partition coefficient (Wildman–Crippen LogP) is 2.72. The second-order valence-electron chi connectivity index (χ2n) is 7.91. The first kappa shape index (κ1) is 23.4. The van der Waals surface area contributed by atoms with Crippen LogP contribution >= 0.6 is 0 Å². The molecular formula is C23H38N4O2. The summed E-state index contributed by atoms with van der Waals surface area (Å²) in [5.41, 5.74) is 2.32. The Hall–Kier alpha value is -1.89. The summed E-state index contributed by atoms with van der Waals surface area (Å²) in [5.74, 6) is 0.765. The number of guanidine groups is 1. The molecular weight excluding hydrogens is 364 g/mol. The maximum Gasteiger partial charge on any atom is 0.191 e. The first-order valence-electron chi connectivity index (χ1n) is 10.7. The van der Waals surface area contributed by atoms with Gasteiger partial charge >= 0.3 is 0 Å². The van der Waals surface area contributed by atoms with Gasteiger partial charge in [0, 0.05) is 32.2 Å². The Morgan fingerprint density at radius 2 is 2.00 bits per heavy atom. The summed E-state index contributed by atoms with van der Waals surface area (Å²) in [6.07, 6.45) is 1.48. The average molecular weight is 403 g/mol. The van der Waals surface area contributed by atoms with Gasteiger partial charge in [0.05, 0.1) is 25.4 Å². The molecule has 1 saturated heterocycles. The number of rotatable bonds is 10. The Kier molecular flexibility index (Phi) is 10.2. The lowest BCUT2D eigenvalue weighted by atomic mass is 10.0. The molecule has 1 fully saturated rings. The molecule has 0 amide bonds. The van der Waals surface area contributed by atoms with Crippen molar-refractivity contribution in [3.63, 3.8) is 0 Å². The van der Waals surface area contributed by atoms with Crippen molar-refractivity contribution >= 4 is 5.96 Å². The molecule has 162 valence electrons. The molecule has 1 heterocycles. The number of benzene rings is 1. The molecule has 1 aromatic rings. The topological polar surface area (TPSA) is 69.1 Å². The lowest BCUT2D eigenvalue weighted by Crippen LogP contribution is -2.49. The number of aliphatic imine (C=N–C) groups is 1. The molecule has 2 unspecified atom stereocenters. The van der Waals surface area contributed by atoms with Gasteiger partial charge in [-0.05, 0) is 39.2 Å². The largest absolute Gasteiger partial charge is 0.389 e. The molecule has 2 rings (SSSR count). The Morgan fingerprint density at radius 3 is 2.62 bits per heavy atom. The van der Waals surface area contributed by atoms with Crippen molar-refractivity contribution in [2.45, 2.75) is 51.9 Å². The van der Waals surface area contributed by atoms with Crippen molar-refractivity contribution in [2.75, 3.05) is 39.3 Å². The standard InChI is InChI=1S/C23H38N4O2/c1-5-24-23(26-21-11-13-27(14-12-21)16-18(2)3)25-15-22(28)17-29-19(4)20-9-7-6-8-10-20/h6-10,19,21-22,28H,2,5,11-17H2,1,3-4H3,(H2,24,25,26). The molecule has 1 aromatic carbocycles. The summed E-state index contributed by atoms with van der Waals surface area (Å²) in [5, 5.41) is 17.1. The molecule has 6 nitrogen and oxygen atoms in total. The number of nitrogens with zero attached hydrogens (tertiary/aromatic N) is 2. The number of hydrogen-bond acceptors (Lipinski definition) is 4. The van der Waals surface area contributed by atoms with Crippen molar-refractivity contribution in [1.29, 1.82) is 0 Å². The zero-order valence-corrected chi connectivity index (χ0v) is 18.2. The van der Waals surface area contributed by atoms with Gasteiger partial charge in [-0.2, -0.15) is 0 Å². The first-order chi connectivity index (χ1) is 14.0. The van der Waals surface area contributed by atoms with E-state index in [1.54, 1.807) is 0 Å². The monoisotopic (exact) mass is 402 g/mol. The summed E-state index contributed by atoms with van der Waals surface area (Å²) in [6, 6.07) is 10.4. The van der Waals surface area contributed by atoms with Gasteiger partial charge in [-0.25, -0.2) is 0 Å². The van der Waals surface area contributed by atoms with Gasteiger partial charge in [0.1, 0.15) is 0 Å². The van der Waals surface area contributed by atoms with Crippen LogP contribution in [-0.4, -0.2) is 67.4 Å². The maximum absolute atomic E-state index is 10.3. The molecule has 0 spiro atoms. The smallest absolute Gasteiger partial charge is 0.191 e. The molecule has 2 atom stereocenters. The van der Waals surface area contributed by atoms with Crippen LogP contribution in [0.3, 0.4) is 0 Å². The van der Waals surface area contributed by atoms with E-state index in [4.69, 9.17) is 4.74 Å². The highest BCUT2D eigenvalue weighted by atomic mass is 16.5. The first-order valence-corrected chi connectivity index (χ1v) is 10.7. The highest BCUT2D eigenvalue weighted by Gasteiger charge is 2.20. The molecule has 3 N–H and O–H groups in total. The zero-order chi connectivity index (χ0) is 21.1. The van der Waals surface area contributed by atoms with Crippen LogP contribution in [0.25, 0.3) is 0 Å². The Balaban J connectivity index is 1.75. The average Bonchev–Trinajstić information content (AvgIpc) is 2.72. The highest BCUT2D eigenvalue weighted by molar-refractivity contribution is 5.80. The summed E-state index contributed by atoms with van der Waals surface area (Å²) in [7, 11) is 0. The quantitative estimate of drug-likeness (QED) is 0.319. The van der Waals surface area contributed by atoms with Gasteiger partial charge < -0.3 is 20.5 Å². The fraction of sp³-hybridized carbons (Fsp3) is 0.609. The van der Waals surface area contributed by atoms with Gasteiger partial charge in [-0.1, -0.05) is 42.5 Å². The molecule has 0 bridgehead atoms. The van der Waals surface area contributed by atoms with Gasteiger partial charge in [0.25, 0.3) is 0 Å². The van der Waals surface area contributed by atoms with E-state index >= 15 is 0 Å². The minimum absolute atomic E-state index is 0.0504. The number of aliphatic hydroxyl groups excluding tert-OH is 1. The van der Waals surface area contributed by atoms with Crippen LogP contribution in [0.2, 0.25) is 0 Å². The minimum Gasteiger partial charge on any atom is -0.389 e. The number of likely N-dealkylation sites (tertiary alicyclic amines) is 1. The molecule has 0 aromatic heterocycles. The second-order valence-corrected chi connectivity index (χ2v) is 7.91. The summed E-state index contributed by atoms with van der Waals surface area (Å²) >= 11 is 0. The highest BCUT2D eigenvalue weighted by Crippen LogP contribution is 2.16. The minimum atomic E-state index is -0.631. The Bertz CT molecular complexity index is 627. The van der Waals surface area contributed by atoms with E-state index in [2.05, 4.69) is 34.0 Å². The molecule has 0 aliphatic carbocycles. The van der Waals surface area contributed by atoms with Crippen molar-refractivity contribution in [3.05, 3.63) is 48.0 Å². The third-order valence-electron chi connectivity index (χ3n) is 5.03. The summed E-state index contributed by atoms with van der Waals surface area (Å²) in [6.45, 7) is 14.6. The van der Waals surface area contributed by atoms with Crippen LogP contribution < -0.4 is 10.6 Å². The van der Waals surface area contributed by atoms with Crippen LogP contribution in [-0.2, 0) is 4.74 Å². The lowest BCUT2D eigenvalue weighted by molar-refractivity contribution is 0.00111. The third-order valence-corrected chi connectivity index (χ3v) is 5.03. The fourth-order valence-electron chi connectivity index (χ4n) is 3.46. The predicted molar refractivity (Wildman–Crippen MR) is 120 cm³/mol. The summed E-state index contributed by atoms with van der Waals surface area (Å²) in [4.78, 5) is 7.01. The lowest BCUT2D eigenvalue weighted by Gasteiger charge is -2.33. The van der Waals surface area contributed by atoms with E-state index in [1.807, 2.05) is 44.2 Å². The van der Waals surface area contributed by atoms with Crippen molar-refractivity contribution in [2.24, 2.45) is 4.99 Å². The number of piperidine rings is 1. The second kappa shape index (κ2) is 12.6. The van der Waals surface area contributed by atoms with E-state index < -0.39 is 6.10 Å². The van der Waals surface area contributed by atoms with Crippen LogP contribution in [0.1, 0.15) is 45.3 Å². The fourth-order valence-corrected chi connectivity index (χ4v) is 3.46. The molecule has 1 aliphatic heterocycles. The molecule has 6 heteroatoms. The van der Waals surface area contributed by atoms with Crippen LogP contribution in [0.4, 0.5) is 0 Å². The molecule has 29 heavy (non-hydrogen) atoms. The van der Waals surface area contributed by atoms with Gasteiger partial charge in [0.15, 0.2) is 5.96 Å². The van der Waals surface area contributed by atoms with E-state index in [-0.39, 0.29) is 12.7 Å². The van der Waals surface area contributed by atoms with E-state index in [0.717, 1.165) is 50.5 Å². The van der Waals surface area contributed by atoms with Gasteiger partial charge in [-0.3, -0.25) is 9.89 Å². The zero-order valence-electron chi connectivity index (χ0n) is 18.2. The Labute approximate surface area is 176 Å².